The lowest BCUT2D eigenvalue weighted by Gasteiger charge is -2.30. The molecule has 1 aliphatic rings. The van der Waals surface area contributed by atoms with Gasteiger partial charge in [-0.15, -0.1) is 11.3 Å². The van der Waals surface area contributed by atoms with E-state index in [0.29, 0.717) is 6.04 Å². The van der Waals surface area contributed by atoms with Crippen LogP contribution >= 0.6 is 11.3 Å². The quantitative estimate of drug-likeness (QED) is 0.859. The van der Waals surface area contributed by atoms with Crippen molar-refractivity contribution in [3.8, 4) is 0 Å². The number of carboxylic acid groups (broad SMARTS) is 1. The Kier molecular flexibility index (Phi) is 4.78. The van der Waals surface area contributed by atoms with Gasteiger partial charge >= 0.3 is 5.97 Å². The van der Waals surface area contributed by atoms with Crippen LogP contribution in [0.25, 0.3) is 0 Å². The topological polar surface area (TPSA) is 49.3 Å². The summed E-state index contributed by atoms with van der Waals surface area (Å²) in [6.07, 6.45) is 5.07. The number of hydrogen-bond acceptors (Lipinski definition) is 3. The molecule has 1 aliphatic carbocycles. The second-order valence-electron chi connectivity index (χ2n) is 5.30. The third-order valence-corrected chi connectivity index (χ3v) is 4.62. The van der Waals surface area contributed by atoms with Crippen LogP contribution in [0.1, 0.15) is 49.9 Å². The highest BCUT2D eigenvalue weighted by atomic mass is 32.1. The number of nitrogens with one attached hydrogen (secondary N) is 1. The maximum atomic E-state index is 11.0. The van der Waals surface area contributed by atoms with Crippen molar-refractivity contribution in [2.24, 2.45) is 5.92 Å². The molecular weight excluding hydrogens is 246 g/mol. The molecule has 1 aromatic heterocycles. The van der Waals surface area contributed by atoms with Gasteiger partial charge < -0.3 is 10.4 Å². The van der Waals surface area contributed by atoms with Gasteiger partial charge in [0, 0.05) is 10.9 Å². The first-order valence-electron chi connectivity index (χ1n) is 6.66. The summed E-state index contributed by atoms with van der Waals surface area (Å²) in [5.41, 5.74) is 0. The monoisotopic (exact) mass is 267 g/mol. The zero-order valence-corrected chi connectivity index (χ0v) is 11.6. The Labute approximate surface area is 112 Å². The van der Waals surface area contributed by atoms with E-state index in [2.05, 4.69) is 12.2 Å². The van der Waals surface area contributed by atoms with E-state index in [9.17, 15) is 4.79 Å². The fourth-order valence-corrected chi connectivity index (χ4v) is 3.56. The summed E-state index contributed by atoms with van der Waals surface area (Å²) in [5, 5.41) is 14.6. The normalized spacial score (nSPS) is 25.8. The van der Waals surface area contributed by atoms with Crippen molar-refractivity contribution >= 4 is 17.3 Å². The zero-order valence-electron chi connectivity index (χ0n) is 10.8. The predicted molar refractivity (Wildman–Crippen MR) is 73.9 cm³/mol. The van der Waals surface area contributed by atoms with Crippen molar-refractivity contribution in [1.82, 2.24) is 5.32 Å². The van der Waals surface area contributed by atoms with E-state index in [0.717, 1.165) is 10.8 Å². The van der Waals surface area contributed by atoms with Gasteiger partial charge in [-0.3, -0.25) is 4.79 Å². The molecule has 1 fully saturated rings. The van der Waals surface area contributed by atoms with Crippen molar-refractivity contribution in [2.75, 3.05) is 0 Å². The number of hydrogen-bond donors (Lipinski definition) is 2. The summed E-state index contributed by atoms with van der Waals surface area (Å²) in [6.45, 7) is 2.28. The smallest absolute Gasteiger partial charge is 0.305 e. The molecular formula is C14H21NO2S. The second-order valence-corrected chi connectivity index (χ2v) is 6.28. The molecule has 2 rings (SSSR count). The number of rotatable bonds is 5. The van der Waals surface area contributed by atoms with E-state index >= 15 is 0 Å². The lowest BCUT2D eigenvalue weighted by molar-refractivity contribution is -0.137. The first-order chi connectivity index (χ1) is 8.65. The highest BCUT2D eigenvalue weighted by Crippen LogP contribution is 2.28. The molecule has 0 spiro atoms. The van der Waals surface area contributed by atoms with E-state index in [1.807, 2.05) is 17.5 Å². The van der Waals surface area contributed by atoms with Gasteiger partial charge in [-0.1, -0.05) is 25.8 Å². The molecule has 1 aromatic rings. The van der Waals surface area contributed by atoms with Crippen LogP contribution in [0.2, 0.25) is 0 Å². The highest BCUT2D eigenvalue weighted by molar-refractivity contribution is 7.10. The van der Waals surface area contributed by atoms with Crippen LogP contribution in [0.15, 0.2) is 17.5 Å². The molecule has 0 amide bonds. The molecule has 18 heavy (non-hydrogen) atoms. The molecule has 0 saturated heterocycles. The Hall–Kier alpha value is -0.870. The largest absolute Gasteiger partial charge is 0.481 e. The third kappa shape index (κ3) is 3.82. The predicted octanol–water partition coefficient (Wildman–Crippen LogP) is 3.43. The van der Waals surface area contributed by atoms with E-state index in [1.165, 1.54) is 25.7 Å². The Morgan fingerprint density at radius 3 is 3.06 bits per heavy atom. The van der Waals surface area contributed by atoms with Gasteiger partial charge in [0.2, 0.25) is 0 Å². The number of aliphatic carboxylic acids is 1. The van der Waals surface area contributed by atoms with Gasteiger partial charge in [0.15, 0.2) is 0 Å². The molecule has 3 unspecified atom stereocenters. The van der Waals surface area contributed by atoms with Crippen LogP contribution in [0.5, 0.6) is 0 Å². The summed E-state index contributed by atoms with van der Waals surface area (Å²) in [7, 11) is 0. The molecule has 1 saturated carbocycles. The molecule has 0 bridgehead atoms. The Morgan fingerprint density at radius 2 is 2.44 bits per heavy atom. The van der Waals surface area contributed by atoms with E-state index in [1.54, 1.807) is 11.3 Å². The summed E-state index contributed by atoms with van der Waals surface area (Å²) >= 11 is 1.64. The van der Waals surface area contributed by atoms with Gasteiger partial charge in [-0.05, 0) is 30.2 Å². The van der Waals surface area contributed by atoms with Crippen LogP contribution in [0.3, 0.4) is 0 Å². The van der Waals surface area contributed by atoms with Crippen molar-refractivity contribution in [3.63, 3.8) is 0 Å². The lowest BCUT2D eigenvalue weighted by Crippen LogP contribution is -2.37. The first-order valence-corrected chi connectivity index (χ1v) is 7.54. The zero-order chi connectivity index (χ0) is 13.0. The average Bonchev–Trinajstić information content (AvgIpc) is 2.80. The summed E-state index contributed by atoms with van der Waals surface area (Å²) in [4.78, 5) is 12.1. The van der Waals surface area contributed by atoms with Crippen LogP contribution in [-0.4, -0.2) is 17.1 Å². The van der Waals surface area contributed by atoms with Crippen molar-refractivity contribution in [2.45, 2.75) is 51.1 Å². The Bertz CT molecular complexity index is 377. The molecule has 3 nitrogen and oxygen atoms in total. The Balaban J connectivity index is 1.98. The molecule has 1 heterocycles. The summed E-state index contributed by atoms with van der Waals surface area (Å²) in [5.74, 6) is 0.0230. The maximum Gasteiger partial charge on any atom is 0.305 e. The van der Waals surface area contributed by atoms with Crippen molar-refractivity contribution in [3.05, 3.63) is 22.4 Å². The maximum absolute atomic E-state index is 11.0. The minimum absolute atomic E-state index is 0.0298. The molecule has 0 aliphatic heterocycles. The molecule has 100 valence electrons. The van der Waals surface area contributed by atoms with Gasteiger partial charge in [-0.2, -0.15) is 0 Å². The minimum atomic E-state index is -0.732. The third-order valence-electron chi connectivity index (χ3n) is 3.64. The molecule has 3 atom stereocenters. The number of carboxylic acids is 1. The molecule has 0 radical (unpaired) electrons. The first kappa shape index (κ1) is 13.6. The number of carbonyl (C=O) groups is 1. The van der Waals surface area contributed by atoms with Gasteiger partial charge in [0.1, 0.15) is 0 Å². The number of thiophene rings is 1. The van der Waals surface area contributed by atoms with Gasteiger partial charge in [0.25, 0.3) is 0 Å². The van der Waals surface area contributed by atoms with E-state index in [-0.39, 0.29) is 12.5 Å². The fraction of sp³-hybridized carbons (Fsp3) is 0.643. The minimum Gasteiger partial charge on any atom is -0.481 e. The molecule has 0 aromatic carbocycles. The highest BCUT2D eigenvalue weighted by Gasteiger charge is 2.24. The lowest BCUT2D eigenvalue weighted by atomic mass is 9.86. The van der Waals surface area contributed by atoms with E-state index in [4.69, 9.17) is 5.11 Å². The SMILES string of the molecule is CC1CCCC(NC(CC(=O)O)c2cccs2)C1. The van der Waals surface area contributed by atoms with E-state index < -0.39 is 5.97 Å². The molecule has 2 N–H and O–H groups in total. The summed E-state index contributed by atoms with van der Waals surface area (Å²) in [6, 6.07) is 4.45. The van der Waals surface area contributed by atoms with Gasteiger partial charge in [-0.25, -0.2) is 0 Å². The Morgan fingerprint density at radius 1 is 1.61 bits per heavy atom. The summed E-state index contributed by atoms with van der Waals surface area (Å²) < 4.78 is 0. The fourth-order valence-electron chi connectivity index (χ4n) is 2.78. The van der Waals surface area contributed by atoms with Crippen LogP contribution in [0.4, 0.5) is 0 Å². The van der Waals surface area contributed by atoms with Crippen LogP contribution < -0.4 is 5.32 Å². The van der Waals surface area contributed by atoms with Crippen molar-refractivity contribution in [1.29, 1.82) is 0 Å². The van der Waals surface area contributed by atoms with Crippen LogP contribution in [-0.2, 0) is 4.79 Å². The average molecular weight is 267 g/mol. The van der Waals surface area contributed by atoms with Gasteiger partial charge in [0.05, 0.1) is 12.5 Å². The van der Waals surface area contributed by atoms with Crippen LogP contribution in [0, 0.1) is 5.92 Å². The standard InChI is InChI=1S/C14H21NO2S/c1-10-4-2-5-11(8-10)15-12(9-14(16)17)13-6-3-7-18-13/h3,6-7,10-12,15H,2,4-5,8-9H2,1H3,(H,16,17). The second kappa shape index (κ2) is 6.34. The molecule has 4 heteroatoms. The van der Waals surface area contributed by atoms with Crippen molar-refractivity contribution < 1.29 is 9.90 Å².